The average molecular weight is 459 g/mol. The quantitative estimate of drug-likeness (QED) is 0.178. The third-order valence-electron chi connectivity index (χ3n) is 4.71. The van der Waals surface area contributed by atoms with Gasteiger partial charge in [-0.15, -0.1) is 0 Å². The Kier molecular flexibility index (Phi) is 6.97. The number of hydrogen-bond acceptors (Lipinski definition) is 5. The molecule has 0 saturated carbocycles. The Morgan fingerprint density at radius 2 is 1.61 bits per heavy atom. The first kappa shape index (κ1) is 22.0. The first-order chi connectivity index (χ1) is 16.1. The minimum Gasteiger partial charge on any atom is -0.484 e. The van der Waals surface area contributed by atoms with Gasteiger partial charge in [-0.1, -0.05) is 60.1 Å². The summed E-state index contributed by atoms with van der Waals surface area (Å²) in [5.74, 6) is -0.0779. The number of benzene rings is 4. The van der Waals surface area contributed by atoms with Crippen molar-refractivity contribution in [2.24, 2.45) is 5.10 Å². The minimum absolute atomic E-state index is 0.218. The molecule has 164 valence electrons. The number of ether oxygens (including phenoxy) is 2. The zero-order valence-electron chi connectivity index (χ0n) is 17.4. The van der Waals surface area contributed by atoms with Crippen molar-refractivity contribution in [1.82, 2.24) is 5.43 Å². The molecule has 0 radical (unpaired) electrons. The lowest BCUT2D eigenvalue weighted by Crippen LogP contribution is -2.24. The lowest BCUT2D eigenvalue weighted by molar-refractivity contribution is -0.123. The maximum absolute atomic E-state index is 12.6. The summed E-state index contributed by atoms with van der Waals surface area (Å²) in [5.41, 5.74) is 3.43. The first-order valence-electron chi connectivity index (χ1n) is 10.1. The van der Waals surface area contributed by atoms with Gasteiger partial charge in [-0.3, -0.25) is 4.79 Å². The van der Waals surface area contributed by atoms with Crippen LogP contribution in [-0.4, -0.2) is 24.7 Å². The van der Waals surface area contributed by atoms with Crippen LogP contribution in [0.4, 0.5) is 0 Å². The van der Waals surface area contributed by atoms with E-state index < -0.39 is 11.9 Å². The topological polar surface area (TPSA) is 77.0 Å². The lowest BCUT2D eigenvalue weighted by atomic mass is 10.0. The second kappa shape index (κ2) is 10.4. The van der Waals surface area contributed by atoms with Gasteiger partial charge in [0, 0.05) is 10.6 Å². The van der Waals surface area contributed by atoms with Gasteiger partial charge in [0.15, 0.2) is 6.61 Å². The summed E-state index contributed by atoms with van der Waals surface area (Å²) in [4.78, 5) is 24.7. The van der Waals surface area contributed by atoms with E-state index in [9.17, 15) is 9.59 Å². The maximum Gasteiger partial charge on any atom is 0.343 e. The van der Waals surface area contributed by atoms with Gasteiger partial charge in [0.1, 0.15) is 11.5 Å². The van der Waals surface area contributed by atoms with Gasteiger partial charge in [-0.25, -0.2) is 10.2 Å². The van der Waals surface area contributed by atoms with E-state index >= 15 is 0 Å². The maximum atomic E-state index is 12.6. The van der Waals surface area contributed by atoms with E-state index in [2.05, 4.69) is 10.5 Å². The molecule has 1 N–H and O–H groups in total. The molecule has 4 aromatic carbocycles. The number of hydrogen-bond donors (Lipinski definition) is 1. The van der Waals surface area contributed by atoms with E-state index in [1.165, 1.54) is 6.21 Å². The number of esters is 1. The number of halogens is 1. The molecule has 0 atom stereocenters. The van der Waals surface area contributed by atoms with Gasteiger partial charge in [-0.05, 0) is 53.2 Å². The third kappa shape index (κ3) is 5.75. The van der Waals surface area contributed by atoms with E-state index in [0.717, 1.165) is 10.8 Å². The Morgan fingerprint density at radius 1 is 0.879 bits per heavy atom. The molecule has 0 aromatic heterocycles. The zero-order valence-corrected chi connectivity index (χ0v) is 18.2. The van der Waals surface area contributed by atoms with Gasteiger partial charge in [0.05, 0.1) is 11.8 Å². The summed E-state index contributed by atoms with van der Waals surface area (Å²) < 4.78 is 11.0. The van der Waals surface area contributed by atoms with Crippen LogP contribution in [0.3, 0.4) is 0 Å². The lowest BCUT2D eigenvalue weighted by Gasteiger charge is -2.10. The number of carbonyl (C=O) groups excluding carboxylic acids is 2. The number of nitrogens with one attached hydrogen (secondary N) is 1. The van der Waals surface area contributed by atoms with Crippen LogP contribution in [0.15, 0.2) is 96.1 Å². The normalized spacial score (nSPS) is 10.8. The molecule has 1 amide bonds. The van der Waals surface area contributed by atoms with E-state index in [4.69, 9.17) is 21.1 Å². The fourth-order valence-corrected chi connectivity index (χ4v) is 3.24. The van der Waals surface area contributed by atoms with Crippen molar-refractivity contribution in [3.8, 4) is 11.5 Å². The first-order valence-corrected chi connectivity index (χ1v) is 10.5. The van der Waals surface area contributed by atoms with Crippen molar-refractivity contribution < 1.29 is 19.1 Å². The Labute approximate surface area is 195 Å². The molecule has 4 aromatic rings. The molecule has 0 aliphatic carbocycles. The molecular formula is C26H19ClN2O4. The molecule has 0 aliphatic heterocycles. The summed E-state index contributed by atoms with van der Waals surface area (Å²) in [6, 6.07) is 26.6. The second-order valence-electron chi connectivity index (χ2n) is 6.99. The van der Waals surface area contributed by atoms with Gasteiger partial charge in [0.2, 0.25) is 0 Å². The summed E-state index contributed by atoms with van der Waals surface area (Å²) in [6.45, 7) is -0.218. The van der Waals surface area contributed by atoms with Gasteiger partial charge >= 0.3 is 5.97 Å². The molecule has 0 unspecified atom stereocenters. The molecule has 33 heavy (non-hydrogen) atoms. The molecule has 7 heteroatoms. The van der Waals surface area contributed by atoms with Crippen molar-refractivity contribution in [2.45, 2.75) is 0 Å². The molecule has 0 heterocycles. The van der Waals surface area contributed by atoms with Crippen molar-refractivity contribution in [3.63, 3.8) is 0 Å². The summed E-state index contributed by atoms with van der Waals surface area (Å²) in [7, 11) is 0. The van der Waals surface area contributed by atoms with Crippen molar-refractivity contribution in [3.05, 3.63) is 107 Å². The highest BCUT2D eigenvalue weighted by atomic mass is 35.5. The monoisotopic (exact) mass is 458 g/mol. The van der Waals surface area contributed by atoms with Crippen LogP contribution in [-0.2, 0) is 4.79 Å². The molecule has 0 spiro atoms. The number of nitrogens with zero attached hydrogens (tertiary/aromatic N) is 1. The van der Waals surface area contributed by atoms with E-state index in [-0.39, 0.29) is 6.61 Å². The van der Waals surface area contributed by atoms with Crippen LogP contribution in [0.1, 0.15) is 15.9 Å². The Bertz CT molecular complexity index is 1310. The SMILES string of the molecule is O=C(COc1ccc(Cl)cc1)N/N=C\c1c(OC(=O)c2ccccc2)ccc2ccccc12. The highest BCUT2D eigenvalue weighted by Crippen LogP contribution is 2.27. The summed E-state index contributed by atoms with van der Waals surface area (Å²) >= 11 is 5.84. The van der Waals surface area contributed by atoms with E-state index in [1.807, 2.05) is 36.4 Å². The van der Waals surface area contributed by atoms with Gasteiger partial charge < -0.3 is 9.47 Å². The smallest absolute Gasteiger partial charge is 0.343 e. The predicted molar refractivity (Wildman–Crippen MR) is 128 cm³/mol. The Morgan fingerprint density at radius 3 is 2.39 bits per heavy atom. The highest BCUT2D eigenvalue weighted by molar-refractivity contribution is 6.30. The van der Waals surface area contributed by atoms with Crippen LogP contribution in [0.2, 0.25) is 5.02 Å². The highest BCUT2D eigenvalue weighted by Gasteiger charge is 2.13. The van der Waals surface area contributed by atoms with Crippen LogP contribution in [0, 0.1) is 0 Å². The van der Waals surface area contributed by atoms with Crippen molar-refractivity contribution >= 4 is 40.5 Å². The fraction of sp³-hybridized carbons (Fsp3) is 0.0385. The van der Waals surface area contributed by atoms with Crippen LogP contribution < -0.4 is 14.9 Å². The molecular weight excluding hydrogens is 440 g/mol. The van der Waals surface area contributed by atoms with E-state index in [1.54, 1.807) is 54.6 Å². The van der Waals surface area contributed by atoms with E-state index in [0.29, 0.717) is 27.6 Å². The van der Waals surface area contributed by atoms with Crippen LogP contribution >= 0.6 is 11.6 Å². The van der Waals surface area contributed by atoms with Gasteiger partial charge in [-0.2, -0.15) is 5.10 Å². The van der Waals surface area contributed by atoms with Crippen molar-refractivity contribution in [2.75, 3.05) is 6.61 Å². The van der Waals surface area contributed by atoms with Gasteiger partial charge in [0.25, 0.3) is 5.91 Å². The van der Waals surface area contributed by atoms with Crippen LogP contribution in [0.25, 0.3) is 10.8 Å². The van der Waals surface area contributed by atoms with Crippen molar-refractivity contribution in [1.29, 1.82) is 0 Å². The fourth-order valence-electron chi connectivity index (χ4n) is 3.11. The Hall–Kier alpha value is -4.16. The molecule has 0 fully saturated rings. The summed E-state index contributed by atoms with van der Waals surface area (Å²) in [5, 5.41) is 6.39. The number of carbonyl (C=O) groups is 2. The second-order valence-corrected chi connectivity index (χ2v) is 7.43. The standard InChI is InChI=1S/C26H19ClN2O4/c27-20-11-13-21(14-12-20)32-17-25(30)29-28-16-23-22-9-5-4-6-18(22)10-15-24(23)33-26(31)19-7-2-1-3-8-19/h1-16H,17H2,(H,29,30)/b28-16-. The van der Waals surface area contributed by atoms with Crippen LogP contribution in [0.5, 0.6) is 11.5 Å². The zero-order chi connectivity index (χ0) is 23.0. The summed E-state index contributed by atoms with van der Waals surface area (Å²) in [6.07, 6.45) is 1.45. The number of fused-ring (bicyclic) bond motifs is 1. The molecule has 6 nitrogen and oxygen atoms in total. The number of hydrazone groups is 1. The Balaban J connectivity index is 1.49. The number of rotatable bonds is 7. The predicted octanol–water partition coefficient (Wildman–Crippen LogP) is 5.24. The molecule has 0 bridgehead atoms. The largest absolute Gasteiger partial charge is 0.484 e. The molecule has 0 saturated heterocycles. The minimum atomic E-state index is -0.485. The third-order valence-corrected chi connectivity index (χ3v) is 4.96. The molecule has 0 aliphatic rings. The number of amides is 1. The molecule has 4 rings (SSSR count). The average Bonchev–Trinajstić information content (AvgIpc) is 2.85.